The van der Waals surface area contributed by atoms with E-state index in [-0.39, 0.29) is 0 Å². The third kappa shape index (κ3) is 7.13. The highest BCUT2D eigenvalue weighted by Gasteiger charge is 2.30. The highest BCUT2D eigenvalue weighted by molar-refractivity contribution is 6.00. The Hall–Kier alpha value is -1.56. The second-order valence-electron chi connectivity index (χ2n) is 4.07. The molecule has 0 heterocycles. The summed E-state index contributed by atoms with van der Waals surface area (Å²) in [5.41, 5.74) is 0.158. The van der Waals surface area contributed by atoms with Crippen LogP contribution in [-0.4, -0.2) is 24.6 Å². The normalized spacial score (nSPS) is 11.8. The van der Waals surface area contributed by atoms with Crippen LogP contribution in [0.3, 0.4) is 0 Å². The molecule has 3 nitrogen and oxygen atoms in total. The maximum Gasteiger partial charge on any atom is 0.416 e. The number of benzene rings is 1. The molecule has 1 aromatic carbocycles. The van der Waals surface area contributed by atoms with Gasteiger partial charge in [0.05, 0.1) is 11.3 Å². The number of rotatable bonds is 6. The Morgan fingerprint density at radius 1 is 1.14 bits per heavy atom. The largest absolute Gasteiger partial charge is 0.416 e. The molecule has 0 spiro atoms. The Bertz CT molecular complexity index is 414. The van der Waals surface area contributed by atoms with Crippen LogP contribution in [0.15, 0.2) is 29.4 Å². The van der Waals surface area contributed by atoms with Crippen molar-refractivity contribution in [2.24, 2.45) is 5.16 Å². The van der Waals surface area contributed by atoms with Crippen molar-refractivity contribution in [3.63, 3.8) is 0 Å². The summed E-state index contributed by atoms with van der Waals surface area (Å²) >= 11 is 0. The van der Waals surface area contributed by atoms with Gasteiger partial charge in [0, 0.05) is 13.7 Å². The molecule has 1 rings (SSSR count). The molecule has 6 heteroatoms. The van der Waals surface area contributed by atoms with Crippen molar-refractivity contribution < 1.29 is 23.1 Å². The molecule has 120 valence electrons. The lowest BCUT2D eigenvalue weighted by Gasteiger charge is -2.08. The lowest BCUT2D eigenvalue weighted by atomic mass is 10.0. The van der Waals surface area contributed by atoms with Crippen LogP contribution in [0.1, 0.15) is 44.2 Å². The molecule has 0 saturated carbocycles. The number of nitrogens with zero attached hydrogens (tertiary/aromatic N) is 1. The molecule has 0 atom stereocenters. The van der Waals surface area contributed by atoms with Gasteiger partial charge in [0.15, 0.2) is 0 Å². The van der Waals surface area contributed by atoms with Crippen molar-refractivity contribution >= 4 is 5.71 Å². The molecule has 0 aliphatic carbocycles. The standard InChI is InChI=1S/C13H16F3NO2.C2H6/c1-19-9-3-2-4-12(17-18)10-5-7-11(8-6-10)13(14,15)16;1-2/h5-8,18H,2-4,9H2,1H3;1-2H3/b17-12+;. The minimum Gasteiger partial charge on any atom is -0.411 e. The first-order valence-electron chi connectivity index (χ1n) is 6.86. The van der Waals surface area contributed by atoms with E-state index in [1.54, 1.807) is 7.11 Å². The van der Waals surface area contributed by atoms with Crippen molar-refractivity contribution in [2.45, 2.75) is 39.3 Å². The Labute approximate surface area is 123 Å². The van der Waals surface area contributed by atoms with E-state index in [0.717, 1.165) is 25.0 Å². The third-order valence-corrected chi connectivity index (χ3v) is 2.68. The molecule has 0 radical (unpaired) electrons. The molecule has 1 aromatic rings. The van der Waals surface area contributed by atoms with E-state index in [2.05, 4.69) is 5.16 Å². The fourth-order valence-corrected chi connectivity index (χ4v) is 1.64. The van der Waals surface area contributed by atoms with E-state index >= 15 is 0 Å². The van der Waals surface area contributed by atoms with E-state index in [1.165, 1.54) is 12.1 Å². The predicted octanol–water partition coefficient (Wildman–Crippen LogP) is 4.73. The number of hydrogen-bond donors (Lipinski definition) is 1. The lowest BCUT2D eigenvalue weighted by Crippen LogP contribution is -2.07. The van der Waals surface area contributed by atoms with E-state index in [1.807, 2.05) is 13.8 Å². The molecule has 0 unspecified atom stereocenters. The maximum atomic E-state index is 12.4. The summed E-state index contributed by atoms with van der Waals surface area (Å²) in [4.78, 5) is 0. The number of hydrogen-bond acceptors (Lipinski definition) is 3. The predicted molar refractivity (Wildman–Crippen MR) is 76.8 cm³/mol. The fraction of sp³-hybridized carbons (Fsp3) is 0.533. The van der Waals surface area contributed by atoms with Crippen LogP contribution in [-0.2, 0) is 10.9 Å². The average Bonchev–Trinajstić information content (AvgIpc) is 2.49. The average molecular weight is 305 g/mol. The number of halogens is 3. The number of alkyl halides is 3. The van der Waals surface area contributed by atoms with Gasteiger partial charge in [0.2, 0.25) is 0 Å². The smallest absolute Gasteiger partial charge is 0.411 e. The van der Waals surface area contributed by atoms with Gasteiger partial charge in [-0.2, -0.15) is 13.2 Å². The molecule has 0 aliphatic heterocycles. The molecular weight excluding hydrogens is 283 g/mol. The van der Waals surface area contributed by atoms with Gasteiger partial charge in [-0.05, 0) is 37.0 Å². The van der Waals surface area contributed by atoms with Crippen LogP contribution in [0, 0.1) is 0 Å². The second-order valence-corrected chi connectivity index (χ2v) is 4.07. The topological polar surface area (TPSA) is 41.8 Å². The molecule has 0 bridgehead atoms. The number of methoxy groups -OCH3 is 1. The van der Waals surface area contributed by atoms with Gasteiger partial charge in [-0.1, -0.05) is 31.1 Å². The summed E-state index contributed by atoms with van der Waals surface area (Å²) in [6, 6.07) is 4.59. The molecule has 21 heavy (non-hydrogen) atoms. The first-order valence-corrected chi connectivity index (χ1v) is 6.86. The van der Waals surface area contributed by atoms with Gasteiger partial charge in [-0.3, -0.25) is 0 Å². The maximum absolute atomic E-state index is 12.4. The number of unbranched alkanes of at least 4 members (excludes halogenated alkanes) is 1. The summed E-state index contributed by atoms with van der Waals surface area (Å²) in [7, 11) is 1.59. The number of ether oxygens (including phenoxy) is 1. The molecular formula is C15H22F3NO2. The molecule has 0 aliphatic rings. The minimum atomic E-state index is -4.35. The van der Waals surface area contributed by atoms with Gasteiger partial charge in [0.25, 0.3) is 0 Å². The van der Waals surface area contributed by atoms with E-state index in [9.17, 15) is 13.2 Å². The van der Waals surface area contributed by atoms with Crippen molar-refractivity contribution in [1.82, 2.24) is 0 Å². The van der Waals surface area contributed by atoms with Crippen molar-refractivity contribution in [2.75, 3.05) is 13.7 Å². The van der Waals surface area contributed by atoms with Crippen LogP contribution in [0.25, 0.3) is 0 Å². The summed E-state index contributed by atoms with van der Waals surface area (Å²) < 4.78 is 42.1. The first kappa shape index (κ1) is 19.4. The van der Waals surface area contributed by atoms with Crippen LogP contribution < -0.4 is 0 Å². The molecule has 1 N–H and O–H groups in total. The zero-order valence-corrected chi connectivity index (χ0v) is 12.6. The van der Waals surface area contributed by atoms with Gasteiger partial charge in [-0.15, -0.1) is 0 Å². The monoisotopic (exact) mass is 305 g/mol. The Morgan fingerprint density at radius 2 is 1.71 bits per heavy atom. The Balaban J connectivity index is 0.00000191. The zero-order chi connectivity index (χ0) is 16.3. The van der Waals surface area contributed by atoms with Crippen LogP contribution in [0.5, 0.6) is 0 Å². The van der Waals surface area contributed by atoms with Crippen LogP contribution >= 0.6 is 0 Å². The molecule has 0 saturated heterocycles. The van der Waals surface area contributed by atoms with Gasteiger partial charge < -0.3 is 9.94 Å². The molecule has 0 amide bonds. The zero-order valence-electron chi connectivity index (χ0n) is 12.6. The van der Waals surface area contributed by atoms with Gasteiger partial charge in [-0.25, -0.2) is 0 Å². The summed E-state index contributed by atoms with van der Waals surface area (Å²) in [5.74, 6) is 0. The minimum absolute atomic E-state index is 0.379. The second kappa shape index (κ2) is 10.2. The molecule has 0 fully saturated rings. The lowest BCUT2D eigenvalue weighted by molar-refractivity contribution is -0.137. The Kier molecular flexibility index (Phi) is 9.45. The fourth-order valence-electron chi connectivity index (χ4n) is 1.64. The van der Waals surface area contributed by atoms with E-state index < -0.39 is 11.7 Å². The van der Waals surface area contributed by atoms with Crippen LogP contribution in [0.2, 0.25) is 0 Å². The van der Waals surface area contributed by atoms with Gasteiger partial charge in [0.1, 0.15) is 0 Å². The van der Waals surface area contributed by atoms with E-state index in [0.29, 0.717) is 24.3 Å². The number of oxime groups is 1. The SMILES string of the molecule is CC.COCCCC/C(=N\O)c1ccc(C(F)(F)F)cc1. The quantitative estimate of drug-likeness (QED) is 0.357. The Morgan fingerprint density at radius 3 is 2.14 bits per heavy atom. The summed E-state index contributed by atoms with van der Waals surface area (Å²) in [6.07, 6.45) is -2.32. The summed E-state index contributed by atoms with van der Waals surface area (Å²) in [5, 5.41) is 12.0. The highest BCUT2D eigenvalue weighted by atomic mass is 19.4. The first-order chi connectivity index (χ1) is 9.99. The van der Waals surface area contributed by atoms with Crippen molar-refractivity contribution in [3.8, 4) is 0 Å². The highest BCUT2D eigenvalue weighted by Crippen LogP contribution is 2.29. The van der Waals surface area contributed by atoms with Gasteiger partial charge >= 0.3 is 6.18 Å². The third-order valence-electron chi connectivity index (χ3n) is 2.68. The van der Waals surface area contributed by atoms with Crippen molar-refractivity contribution in [1.29, 1.82) is 0 Å². The van der Waals surface area contributed by atoms with Crippen molar-refractivity contribution in [3.05, 3.63) is 35.4 Å². The summed E-state index contributed by atoms with van der Waals surface area (Å²) in [6.45, 7) is 4.60. The van der Waals surface area contributed by atoms with E-state index in [4.69, 9.17) is 9.94 Å². The molecule has 0 aromatic heterocycles. The van der Waals surface area contributed by atoms with Crippen LogP contribution in [0.4, 0.5) is 13.2 Å².